The second-order valence-electron chi connectivity index (χ2n) is 7.54. The predicted octanol–water partition coefficient (Wildman–Crippen LogP) is 5.33. The van der Waals surface area contributed by atoms with Gasteiger partial charge in [0.25, 0.3) is 5.91 Å². The molecule has 0 aliphatic rings. The molecule has 4 rings (SSSR count). The average Bonchev–Trinajstić information content (AvgIpc) is 3.51. The zero-order valence-electron chi connectivity index (χ0n) is 19.2. The number of hydrogen-bond acceptors (Lipinski definition) is 8. The molecule has 0 aliphatic heterocycles. The number of carbonyl (C=O) groups is 3. The van der Waals surface area contributed by atoms with Crippen molar-refractivity contribution >= 4 is 45.4 Å². The number of nitrogen functional groups attached to an aromatic ring is 1. The van der Waals surface area contributed by atoms with Gasteiger partial charge in [-0.2, -0.15) is 0 Å². The fourth-order valence-electron chi connectivity index (χ4n) is 3.41. The minimum Gasteiger partial charge on any atom is -0.467 e. The van der Waals surface area contributed by atoms with Crippen molar-refractivity contribution in [1.82, 2.24) is 0 Å². The van der Waals surface area contributed by atoms with Gasteiger partial charge < -0.3 is 25.5 Å². The molecule has 0 radical (unpaired) electrons. The molecule has 4 N–H and O–H groups in total. The predicted molar refractivity (Wildman–Crippen MR) is 135 cm³/mol. The summed E-state index contributed by atoms with van der Waals surface area (Å²) in [6, 6.07) is 15.2. The van der Waals surface area contributed by atoms with Crippen LogP contribution in [0.2, 0.25) is 0 Å². The summed E-state index contributed by atoms with van der Waals surface area (Å²) in [5.41, 5.74) is 6.83. The zero-order valence-corrected chi connectivity index (χ0v) is 20.0. The van der Waals surface area contributed by atoms with E-state index >= 15 is 0 Å². The average molecular weight is 508 g/mol. The molecule has 0 bridgehead atoms. The number of ether oxygens (including phenoxy) is 1. The molecule has 2 heterocycles. The third-order valence-electron chi connectivity index (χ3n) is 5.15. The zero-order chi connectivity index (χ0) is 25.7. The Labute approximate surface area is 209 Å². The first-order chi connectivity index (χ1) is 17.4. The van der Waals surface area contributed by atoms with Gasteiger partial charge in [0.2, 0.25) is 5.78 Å². The van der Waals surface area contributed by atoms with E-state index in [4.69, 9.17) is 14.9 Å². The maximum atomic E-state index is 14.3. The quantitative estimate of drug-likeness (QED) is 0.206. The Morgan fingerprint density at radius 1 is 1.06 bits per heavy atom. The lowest BCUT2D eigenvalue weighted by molar-refractivity contribution is 0.0526. The largest absolute Gasteiger partial charge is 0.467 e. The molecule has 0 atom stereocenters. The minimum atomic E-state index is -0.687. The van der Waals surface area contributed by atoms with E-state index in [1.165, 1.54) is 36.6 Å². The SMILES string of the molecule is CCOC(=O)c1ccc(NC(=O)c2c(NCc3ccco3)sc(C(=O)c3ccccc3F)c2N)cc1. The van der Waals surface area contributed by atoms with Gasteiger partial charge in [-0.15, -0.1) is 11.3 Å². The van der Waals surface area contributed by atoms with Gasteiger partial charge in [0, 0.05) is 5.69 Å². The van der Waals surface area contributed by atoms with Crippen LogP contribution in [0.1, 0.15) is 48.6 Å². The Kier molecular flexibility index (Phi) is 7.45. The van der Waals surface area contributed by atoms with E-state index in [0.717, 1.165) is 11.3 Å². The molecule has 4 aromatic rings. The Hall–Kier alpha value is -4.44. The van der Waals surface area contributed by atoms with Crippen LogP contribution in [-0.2, 0) is 11.3 Å². The third-order valence-corrected chi connectivity index (χ3v) is 6.32. The van der Waals surface area contributed by atoms with Crippen LogP contribution in [0.15, 0.2) is 71.3 Å². The number of anilines is 3. The Morgan fingerprint density at radius 3 is 2.47 bits per heavy atom. The monoisotopic (exact) mass is 507 g/mol. The third kappa shape index (κ3) is 5.28. The lowest BCUT2D eigenvalue weighted by Crippen LogP contribution is -2.16. The lowest BCUT2D eigenvalue weighted by atomic mass is 10.1. The normalized spacial score (nSPS) is 10.6. The number of ketones is 1. The van der Waals surface area contributed by atoms with Crippen LogP contribution in [0.25, 0.3) is 0 Å². The first-order valence-electron chi connectivity index (χ1n) is 10.9. The summed E-state index contributed by atoms with van der Waals surface area (Å²) in [6.45, 7) is 2.19. The maximum Gasteiger partial charge on any atom is 0.338 e. The number of nitrogens with one attached hydrogen (secondary N) is 2. The molecule has 2 aromatic carbocycles. The Balaban J connectivity index is 1.64. The van der Waals surface area contributed by atoms with Crippen molar-refractivity contribution in [2.75, 3.05) is 23.0 Å². The lowest BCUT2D eigenvalue weighted by Gasteiger charge is -2.09. The summed E-state index contributed by atoms with van der Waals surface area (Å²) >= 11 is 0.954. The van der Waals surface area contributed by atoms with Crippen molar-refractivity contribution in [3.63, 3.8) is 0 Å². The highest BCUT2D eigenvalue weighted by Crippen LogP contribution is 2.38. The Morgan fingerprint density at radius 2 is 1.81 bits per heavy atom. The number of furan rings is 1. The molecule has 0 spiro atoms. The molecule has 184 valence electrons. The molecule has 2 aromatic heterocycles. The van der Waals surface area contributed by atoms with E-state index in [-0.39, 0.29) is 34.8 Å². The second kappa shape index (κ2) is 10.9. The summed E-state index contributed by atoms with van der Waals surface area (Å²) < 4.78 is 24.6. The standard InChI is InChI=1S/C26H22FN3O5S/c1-2-34-26(33)15-9-11-16(12-10-15)30-24(32)20-21(28)23(22(31)18-7-3-4-8-19(18)27)36-25(20)29-14-17-6-5-13-35-17/h3-13,29H,2,14,28H2,1H3,(H,30,32). The fourth-order valence-corrected chi connectivity index (χ4v) is 4.48. The molecule has 10 heteroatoms. The molecular weight excluding hydrogens is 485 g/mol. The van der Waals surface area contributed by atoms with E-state index in [1.54, 1.807) is 37.3 Å². The highest BCUT2D eigenvalue weighted by Gasteiger charge is 2.27. The number of halogens is 1. The van der Waals surface area contributed by atoms with E-state index < -0.39 is 23.5 Å². The fraction of sp³-hybridized carbons (Fsp3) is 0.115. The van der Waals surface area contributed by atoms with Gasteiger partial charge in [-0.25, -0.2) is 9.18 Å². The highest BCUT2D eigenvalue weighted by molar-refractivity contribution is 7.19. The van der Waals surface area contributed by atoms with Crippen molar-refractivity contribution in [3.8, 4) is 0 Å². The summed E-state index contributed by atoms with van der Waals surface area (Å²) in [6.07, 6.45) is 1.51. The van der Waals surface area contributed by atoms with Gasteiger partial charge >= 0.3 is 5.97 Å². The maximum absolute atomic E-state index is 14.3. The van der Waals surface area contributed by atoms with Crippen molar-refractivity contribution in [3.05, 3.63) is 100 Å². The first-order valence-corrected chi connectivity index (χ1v) is 11.8. The second-order valence-corrected chi connectivity index (χ2v) is 8.56. The van der Waals surface area contributed by atoms with E-state index in [9.17, 15) is 18.8 Å². The molecule has 0 aliphatic carbocycles. The van der Waals surface area contributed by atoms with Crippen molar-refractivity contribution < 1.29 is 27.9 Å². The van der Waals surface area contributed by atoms with Crippen LogP contribution in [0, 0.1) is 5.82 Å². The number of thiophene rings is 1. The molecule has 0 fully saturated rings. The number of amides is 1. The van der Waals surface area contributed by atoms with Gasteiger partial charge in [0.05, 0.1) is 41.8 Å². The van der Waals surface area contributed by atoms with Gasteiger partial charge in [-0.3, -0.25) is 9.59 Å². The Bertz CT molecular complexity index is 1400. The number of rotatable bonds is 9. The molecule has 0 saturated heterocycles. The number of carbonyl (C=O) groups excluding carboxylic acids is 3. The van der Waals surface area contributed by atoms with Gasteiger partial charge in [-0.05, 0) is 55.5 Å². The summed E-state index contributed by atoms with van der Waals surface area (Å²) in [4.78, 5) is 38.2. The molecule has 8 nitrogen and oxygen atoms in total. The van der Waals surface area contributed by atoms with Crippen LogP contribution in [-0.4, -0.2) is 24.3 Å². The summed E-state index contributed by atoms with van der Waals surface area (Å²) in [5.74, 6) is -1.77. The van der Waals surface area contributed by atoms with Crippen LogP contribution in [0.3, 0.4) is 0 Å². The van der Waals surface area contributed by atoms with Crippen LogP contribution < -0.4 is 16.4 Å². The van der Waals surface area contributed by atoms with Crippen LogP contribution in [0.4, 0.5) is 20.8 Å². The van der Waals surface area contributed by atoms with Crippen molar-refractivity contribution in [2.45, 2.75) is 13.5 Å². The molecule has 36 heavy (non-hydrogen) atoms. The van der Waals surface area contributed by atoms with Crippen molar-refractivity contribution in [2.24, 2.45) is 0 Å². The number of hydrogen-bond donors (Lipinski definition) is 3. The minimum absolute atomic E-state index is 0.0323. The molecule has 0 saturated carbocycles. The van der Waals surface area contributed by atoms with Gasteiger partial charge in [0.15, 0.2) is 0 Å². The van der Waals surface area contributed by atoms with E-state index in [1.807, 2.05) is 0 Å². The number of esters is 1. The number of benzene rings is 2. The smallest absolute Gasteiger partial charge is 0.338 e. The van der Waals surface area contributed by atoms with Crippen LogP contribution >= 0.6 is 11.3 Å². The van der Waals surface area contributed by atoms with Crippen LogP contribution in [0.5, 0.6) is 0 Å². The molecule has 1 amide bonds. The summed E-state index contributed by atoms with van der Waals surface area (Å²) in [5, 5.41) is 6.12. The van der Waals surface area contributed by atoms with Crippen molar-refractivity contribution in [1.29, 1.82) is 0 Å². The van der Waals surface area contributed by atoms with Gasteiger partial charge in [-0.1, -0.05) is 12.1 Å². The topological polar surface area (TPSA) is 124 Å². The highest BCUT2D eigenvalue weighted by atomic mass is 32.1. The molecule has 0 unspecified atom stereocenters. The van der Waals surface area contributed by atoms with Gasteiger partial charge in [0.1, 0.15) is 21.5 Å². The first kappa shape index (κ1) is 24.7. The molecular formula is C26H22FN3O5S. The van der Waals surface area contributed by atoms with E-state index in [2.05, 4.69) is 10.6 Å². The number of nitrogens with two attached hydrogens (primary N) is 1. The van der Waals surface area contributed by atoms with E-state index in [0.29, 0.717) is 22.0 Å². The summed E-state index contributed by atoms with van der Waals surface area (Å²) in [7, 11) is 0.